The summed E-state index contributed by atoms with van der Waals surface area (Å²) in [5.41, 5.74) is 4.47. The Morgan fingerprint density at radius 2 is 1.78 bits per heavy atom. The van der Waals surface area contributed by atoms with E-state index in [0.717, 1.165) is 17.9 Å². The molecule has 18 heavy (non-hydrogen) atoms. The molecule has 1 aromatic rings. The Hall–Kier alpha value is -0.820. The Labute approximate surface area is 112 Å². The van der Waals surface area contributed by atoms with Crippen LogP contribution in [0.2, 0.25) is 0 Å². The summed E-state index contributed by atoms with van der Waals surface area (Å²) in [4.78, 5) is 0. The second kappa shape index (κ2) is 5.88. The van der Waals surface area contributed by atoms with E-state index in [1.807, 2.05) is 0 Å². The predicted octanol–water partition coefficient (Wildman–Crippen LogP) is 3.87. The molecule has 1 saturated carbocycles. The van der Waals surface area contributed by atoms with Gasteiger partial charge in [-0.25, -0.2) is 0 Å². The van der Waals surface area contributed by atoms with Crippen LogP contribution in [-0.2, 0) is 6.42 Å². The molecule has 1 aromatic carbocycles. The average Bonchev–Trinajstić information content (AvgIpc) is 3.11. The molecule has 0 aromatic heterocycles. The zero-order valence-electron chi connectivity index (χ0n) is 12.3. The Morgan fingerprint density at radius 1 is 1.17 bits per heavy atom. The molecular formula is C17H27N. The second-order valence-corrected chi connectivity index (χ2v) is 6.26. The van der Waals surface area contributed by atoms with Gasteiger partial charge in [0.1, 0.15) is 0 Å². The molecular weight excluding hydrogens is 218 g/mol. The summed E-state index contributed by atoms with van der Waals surface area (Å²) in [6.45, 7) is 10.4. The van der Waals surface area contributed by atoms with Crippen LogP contribution in [0, 0.1) is 25.7 Å². The van der Waals surface area contributed by atoms with E-state index in [1.54, 1.807) is 5.56 Å². The molecule has 1 aliphatic rings. The lowest BCUT2D eigenvalue weighted by Gasteiger charge is -2.23. The van der Waals surface area contributed by atoms with E-state index in [-0.39, 0.29) is 0 Å². The van der Waals surface area contributed by atoms with Crippen molar-refractivity contribution in [1.29, 1.82) is 0 Å². The van der Waals surface area contributed by atoms with Crippen LogP contribution in [0.25, 0.3) is 0 Å². The van der Waals surface area contributed by atoms with Crippen LogP contribution in [0.5, 0.6) is 0 Å². The van der Waals surface area contributed by atoms with Gasteiger partial charge in [-0.3, -0.25) is 0 Å². The third kappa shape index (κ3) is 3.58. The van der Waals surface area contributed by atoms with Crippen molar-refractivity contribution < 1.29 is 0 Å². The first-order valence-electron chi connectivity index (χ1n) is 7.36. The Balaban J connectivity index is 2.02. The van der Waals surface area contributed by atoms with Gasteiger partial charge in [-0.05, 0) is 68.2 Å². The minimum atomic E-state index is 0.746. The quantitative estimate of drug-likeness (QED) is 0.802. The fourth-order valence-electron chi connectivity index (χ4n) is 2.58. The van der Waals surface area contributed by atoms with Gasteiger partial charge in [0.25, 0.3) is 0 Å². The number of rotatable bonds is 6. The van der Waals surface area contributed by atoms with Crippen molar-refractivity contribution in [1.82, 2.24) is 5.32 Å². The van der Waals surface area contributed by atoms with Crippen molar-refractivity contribution in [3.63, 3.8) is 0 Å². The van der Waals surface area contributed by atoms with Crippen molar-refractivity contribution in [3.8, 4) is 0 Å². The summed E-state index contributed by atoms with van der Waals surface area (Å²) < 4.78 is 0. The molecule has 1 aliphatic carbocycles. The average molecular weight is 245 g/mol. The van der Waals surface area contributed by atoms with Crippen molar-refractivity contribution in [2.24, 2.45) is 11.8 Å². The molecule has 0 radical (unpaired) electrons. The summed E-state index contributed by atoms with van der Waals surface area (Å²) in [7, 11) is 0. The Kier molecular flexibility index (Phi) is 4.45. The minimum Gasteiger partial charge on any atom is -0.314 e. The molecule has 0 saturated heterocycles. The van der Waals surface area contributed by atoms with E-state index < -0.39 is 0 Å². The van der Waals surface area contributed by atoms with Gasteiger partial charge in [0.15, 0.2) is 0 Å². The SMILES string of the molecule is Cc1cccc(C)c1CC(CNC1CC1)C(C)C. The maximum Gasteiger partial charge on any atom is 0.00683 e. The smallest absolute Gasteiger partial charge is 0.00683 e. The van der Waals surface area contributed by atoms with Gasteiger partial charge in [0.2, 0.25) is 0 Å². The van der Waals surface area contributed by atoms with Gasteiger partial charge >= 0.3 is 0 Å². The molecule has 1 fully saturated rings. The zero-order chi connectivity index (χ0) is 13.1. The van der Waals surface area contributed by atoms with Crippen LogP contribution < -0.4 is 5.32 Å². The fourth-order valence-corrected chi connectivity index (χ4v) is 2.58. The lowest BCUT2D eigenvalue weighted by molar-refractivity contribution is 0.358. The normalized spacial score (nSPS) is 17.2. The number of benzene rings is 1. The summed E-state index contributed by atoms with van der Waals surface area (Å²) in [5, 5.41) is 3.70. The summed E-state index contributed by atoms with van der Waals surface area (Å²) in [6, 6.07) is 7.48. The van der Waals surface area contributed by atoms with Gasteiger partial charge in [0.05, 0.1) is 0 Å². The maximum absolute atomic E-state index is 3.70. The van der Waals surface area contributed by atoms with E-state index >= 15 is 0 Å². The molecule has 1 N–H and O–H groups in total. The third-order valence-electron chi connectivity index (χ3n) is 4.30. The van der Waals surface area contributed by atoms with Crippen LogP contribution in [-0.4, -0.2) is 12.6 Å². The molecule has 2 rings (SSSR count). The summed E-state index contributed by atoms with van der Waals surface area (Å²) in [6.07, 6.45) is 3.98. The Bertz CT molecular complexity index is 370. The molecule has 1 atom stereocenters. The van der Waals surface area contributed by atoms with Gasteiger partial charge in [-0.2, -0.15) is 0 Å². The molecule has 1 heteroatoms. The molecule has 0 amide bonds. The van der Waals surface area contributed by atoms with Gasteiger partial charge in [-0.1, -0.05) is 32.0 Å². The highest BCUT2D eigenvalue weighted by Gasteiger charge is 2.23. The molecule has 0 spiro atoms. The maximum atomic E-state index is 3.70. The molecule has 0 aliphatic heterocycles. The zero-order valence-corrected chi connectivity index (χ0v) is 12.3. The van der Waals surface area contributed by atoms with E-state index in [0.29, 0.717) is 0 Å². The van der Waals surface area contributed by atoms with Gasteiger partial charge < -0.3 is 5.32 Å². The van der Waals surface area contributed by atoms with Crippen LogP contribution in [0.3, 0.4) is 0 Å². The molecule has 1 nitrogen and oxygen atoms in total. The van der Waals surface area contributed by atoms with Crippen molar-refractivity contribution in [2.45, 2.75) is 53.0 Å². The topological polar surface area (TPSA) is 12.0 Å². The second-order valence-electron chi connectivity index (χ2n) is 6.26. The van der Waals surface area contributed by atoms with Crippen molar-refractivity contribution in [3.05, 3.63) is 34.9 Å². The monoisotopic (exact) mass is 245 g/mol. The summed E-state index contributed by atoms with van der Waals surface area (Å²) >= 11 is 0. The highest BCUT2D eigenvalue weighted by molar-refractivity contribution is 5.33. The number of aryl methyl sites for hydroxylation is 2. The molecule has 0 bridgehead atoms. The Morgan fingerprint density at radius 3 is 2.28 bits per heavy atom. The third-order valence-corrected chi connectivity index (χ3v) is 4.30. The van der Waals surface area contributed by atoms with Crippen LogP contribution in [0.1, 0.15) is 43.4 Å². The van der Waals surface area contributed by atoms with E-state index in [2.05, 4.69) is 51.2 Å². The first kappa shape index (κ1) is 13.6. The standard InChI is InChI=1S/C17H27N/c1-12(2)15(11-18-16-8-9-16)10-17-13(3)6-5-7-14(17)4/h5-7,12,15-16,18H,8-11H2,1-4H3. The van der Waals surface area contributed by atoms with E-state index in [9.17, 15) is 0 Å². The van der Waals surface area contributed by atoms with Crippen molar-refractivity contribution in [2.75, 3.05) is 6.54 Å². The highest BCUT2D eigenvalue weighted by Crippen LogP contribution is 2.24. The largest absolute Gasteiger partial charge is 0.314 e. The van der Waals surface area contributed by atoms with Crippen LogP contribution in [0.15, 0.2) is 18.2 Å². The lowest BCUT2D eigenvalue weighted by atomic mass is 9.86. The fraction of sp³-hybridized carbons (Fsp3) is 0.647. The minimum absolute atomic E-state index is 0.746. The number of nitrogens with one attached hydrogen (secondary N) is 1. The number of hydrogen-bond acceptors (Lipinski definition) is 1. The molecule has 100 valence electrons. The molecule has 0 heterocycles. The summed E-state index contributed by atoms with van der Waals surface area (Å²) in [5.74, 6) is 1.50. The predicted molar refractivity (Wildman–Crippen MR) is 79.0 cm³/mol. The molecule has 1 unspecified atom stereocenters. The lowest BCUT2D eigenvalue weighted by Crippen LogP contribution is -2.29. The van der Waals surface area contributed by atoms with Crippen LogP contribution in [0.4, 0.5) is 0 Å². The van der Waals surface area contributed by atoms with E-state index in [4.69, 9.17) is 0 Å². The highest BCUT2D eigenvalue weighted by atomic mass is 14.9. The van der Waals surface area contributed by atoms with Crippen LogP contribution >= 0.6 is 0 Å². The first-order valence-corrected chi connectivity index (χ1v) is 7.36. The van der Waals surface area contributed by atoms with E-state index in [1.165, 1.54) is 36.9 Å². The van der Waals surface area contributed by atoms with Gasteiger partial charge in [-0.15, -0.1) is 0 Å². The van der Waals surface area contributed by atoms with Crippen molar-refractivity contribution >= 4 is 0 Å². The first-order chi connectivity index (χ1) is 8.58. The number of hydrogen-bond donors (Lipinski definition) is 1. The van der Waals surface area contributed by atoms with Gasteiger partial charge in [0, 0.05) is 6.04 Å².